The van der Waals surface area contributed by atoms with Gasteiger partial charge in [-0.15, -0.1) is 0 Å². The molecule has 0 spiro atoms. The highest BCUT2D eigenvalue weighted by Gasteiger charge is 2.27. The molecule has 0 N–H and O–H groups in total. The molecular formula is C12H13N3O2. The maximum atomic E-state index is 11.9. The van der Waals surface area contributed by atoms with Crippen LogP contribution in [-0.4, -0.2) is 36.0 Å². The summed E-state index contributed by atoms with van der Waals surface area (Å²) in [5, 5.41) is 8.81. The van der Waals surface area contributed by atoms with Crippen molar-refractivity contribution in [1.82, 2.24) is 9.88 Å². The van der Waals surface area contributed by atoms with Crippen LogP contribution in [-0.2, 0) is 0 Å². The van der Waals surface area contributed by atoms with Crippen LogP contribution in [0.15, 0.2) is 12.3 Å². The van der Waals surface area contributed by atoms with Crippen LogP contribution in [0.1, 0.15) is 28.9 Å². The van der Waals surface area contributed by atoms with Crippen molar-refractivity contribution in [3.8, 4) is 11.8 Å². The first-order valence-corrected chi connectivity index (χ1v) is 5.40. The van der Waals surface area contributed by atoms with Gasteiger partial charge in [0.25, 0.3) is 5.91 Å². The molecule has 1 aromatic heterocycles. The molecule has 0 saturated heterocycles. The molecule has 1 aliphatic carbocycles. The monoisotopic (exact) mass is 231 g/mol. The highest BCUT2D eigenvalue weighted by molar-refractivity contribution is 5.94. The average Bonchev–Trinajstić information content (AvgIpc) is 3.11. The van der Waals surface area contributed by atoms with E-state index < -0.39 is 0 Å². The normalized spacial score (nSPS) is 13.9. The van der Waals surface area contributed by atoms with Crippen molar-refractivity contribution in [3.05, 3.63) is 23.5 Å². The van der Waals surface area contributed by atoms with E-state index in [4.69, 9.17) is 10.00 Å². The van der Waals surface area contributed by atoms with Gasteiger partial charge in [0.15, 0.2) is 11.4 Å². The van der Waals surface area contributed by atoms with Crippen molar-refractivity contribution in [2.75, 3.05) is 14.1 Å². The lowest BCUT2D eigenvalue weighted by molar-refractivity contribution is 0.0816. The fourth-order valence-corrected chi connectivity index (χ4v) is 1.33. The minimum Gasteiger partial charge on any atom is -0.488 e. The van der Waals surface area contributed by atoms with Crippen LogP contribution in [0, 0.1) is 11.3 Å². The van der Waals surface area contributed by atoms with Gasteiger partial charge in [0, 0.05) is 26.4 Å². The van der Waals surface area contributed by atoms with E-state index in [1.807, 2.05) is 6.07 Å². The maximum Gasteiger partial charge on any atom is 0.275 e. The molecule has 1 saturated carbocycles. The molecule has 0 aromatic carbocycles. The Hall–Kier alpha value is -2.09. The van der Waals surface area contributed by atoms with Crippen LogP contribution < -0.4 is 4.74 Å². The lowest BCUT2D eigenvalue weighted by Crippen LogP contribution is -2.23. The van der Waals surface area contributed by atoms with Crippen molar-refractivity contribution in [1.29, 1.82) is 5.26 Å². The van der Waals surface area contributed by atoms with Crippen LogP contribution in [0.2, 0.25) is 0 Å². The Morgan fingerprint density at radius 3 is 2.82 bits per heavy atom. The average molecular weight is 231 g/mol. The Bertz CT molecular complexity index is 487. The Kier molecular flexibility index (Phi) is 2.96. The number of pyridine rings is 1. The molecule has 1 aromatic rings. The van der Waals surface area contributed by atoms with E-state index >= 15 is 0 Å². The quantitative estimate of drug-likeness (QED) is 0.783. The number of aromatic nitrogens is 1. The molecule has 17 heavy (non-hydrogen) atoms. The van der Waals surface area contributed by atoms with Crippen LogP contribution in [0.5, 0.6) is 5.75 Å². The van der Waals surface area contributed by atoms with Crippen LogP contribution in [0.4, 0.5) is 0 Å². The highest BCUT2D eigenvalue weighted by Crippen LogP contribution is 2.29. The third-order valence-electron chi connectivity index (χ3n) is 2.41. The minimum atomic E-state index is -0.217. The van der Waals surface area contributed by atoms with Gasteiger partial charge in [0.2, 0.25) is 0 Å². The van der Waals surface area contributed by atoms with Gasteiger partial charge in [0.05, 0.1) is 11.7 Å². The third kappa shape index (κ3) is 2.53. The summed E-state index contributed by atoms with van der Waals surface area (Å²) in [6.45, 7) is 0. The summed E-state index contributed by atoms with van der Waals surface area (Å²) in [7, 11) is 3.31. The largest absolute Gasteiger partial charge is 0.488 e. The standard InChI is InChI=1S/C12H13N3O2/c1-15(2)12(16)11-10(17-9-3-4-9)5-8(6-13)7-14-11/h5,7,9H,3-4H2,1-2H3. The second-order valence-electron chi connectivity index (χ2n) is 4.20. The smallest absolute Gasteiger partial charge is 0.275 e. The van der Waals surface area contributed by atoms with Gasteiger partial charge in [-0.1, -0.05) is 0 Å². The van der Waals surface area contributed by atoms with Crippen LogP contribution >= 0.6 is 0 Å². The van der Waals surface area contributed by atoms with Crippen molar-refractivity contribution in [3.63, 3.8) is 0 Å². The summed E-state index contributed by atoms with van der Waals surface area (Å²) in [6.07, 6.45) is 3.54. The first kappa shape index (κ1) is 11.4. The number of carbonyl (C=O) groups is 1. The molecule has 0 aliphatic heterocycles. The Labute approximate surface area is 99.6 Å². The van der Waals surface area contributed by atoms with E-state index in [1.165, 1.54) is 11.1 Å². The third-order valence-corrected chi connectivity index (χ3v) is 2.41. The zero-order chi connectivity index (χ0) is 12.4. The summed E-state index contributed by atoms with van der Waals surface area (Å²) in [6, 6.07) is 3.56. The van der Waals surface area contributed by atoms with Crippen LogP contribution in [0.3, 0.4) is 0 Å². The fraction of sp³-hybridized carbons (Fsp3) is 0.417. The second-order valence-corrected chi connectivity index (χ2v) is 4.20. The number of hydrogen-bond donors (Lipinski definition) is 0. The summed E-state index contributed by atoms with van der Waals surface area (Å²) in [5.41, 5.74) is 0.664. The van der Waals surface area contributed by atoms with E-state index in [2.05, 4.69) is 4.98 Å². The molecule has 0 atom stereocenters. The predicted molar refractivity (Wildman–Crippen MR) is 60.6 cm³/mol. The molecular weight excluding hydrogens is 218 g/mol. The number of hydrogen-bond acceptors (Lipinski definition) is 4. The molecule has 1 heterocycles. The molecule has 5 heteroatoms. The number of rotatable bonds is 3. The first-order valence-electron chi connectivity index (χ1n) is 5.40. The predicted octanol–water partition coefficient (Wildman–Crippen LogP) is 1.20. The van der Waals surface area contributed by atoms with E-state index in [9.17, 15) is 4.79 Å². The van der Waals surface area contributed by atoms with Crippen molar-refractivity contribution < 1.29 is 9.53 Å². The molecule has 0 unspecified atom stereocenters. The van der Waals surface area contributed by atoms with Crippen molar-refractivity contribution in [2.45, 2.75) is 18.9 Å². The molecule has 0 radical (unpaired) electrons. The number of amides is 1. The number of carbonyl (C=O) groups excluding carboxylic acids is 1. The van der Waals surface area contributed by atoms with Gasteiger partial charge >= 0.3 is 0 Å². The van der Waals surface area contributed by atoms with Crippen molar-refractivity contribution >= 4 is 5.91 Å². The molecule has 5 nitrogen and oxygen atoms in total. The topological polar surface area (TPSA) is 66.2 Å². The lowest BCUT2D eigenvalue weighted by Gasteiger charge is -2.13. The Morgan fingerprint density at radius 2 is 2.29 bits per heavy atom. The molecule has 1 aliphatic rings. The molecule has 1 amide bonds. The minimum absolute atomic E-state index is 0.166. The van der Waals surface area contributed by atoms with Crippen molar-refractivity contribution in [2.24, 2.45) is 0 Å². The van der Waals surface area contributed by atoms with E-state index in [0.717, 1.165) is 12.8 Å². The number of nitriles is 1. The molecule has 0 bridgehead atoms. The summed E-state index contributed by atoms with van der Waals surface area (Å²) in [4.78, 5) is 17.3. The zero-order valence-corrected chi connectivity index (χ0v) is 9.80. The summed E-state index contributed by atoms with van der Waals surface area (Å²) < 4.78 is 5.61. The summed E-state index contributed by atoms with van der Waals surface area (Å²) in [5.74, 6) is 0.190. The van der Waals surface area contributed by atoms with Gasteiger partial charge in [0.1, 0.15) is 6.07 Å². The van der Waals surface area contributed by atoms with E-state index in [0.29, 0.717) is 11.3 Å². The SMILES string of the molecule is CN(C)C(=O)c1ncc(C#N)cc1OC1CC1. The number of ether oxygens (including phenoxy) is 1. The van der Waals surface area contributed by atoms with Gasteiger partial charge in [-0.3, -0.25) is 4.79 Å². The fourth-order valence-electron chi connectivity index (χ4n) is 1.33. The van der Waals surface area contributed by atoms with Crippen LogP contribution in [0.25, 0.3) is 0 Å². The molecule has 1 fully saturated rings. The van der Waals surface area contributed by atoms with Gasteiger partial charge < -0.3 is 9.64 Å². The van der Waals surface area contributed by atoms with Gasteiger partial charge in [-0.2, -0.15) is 5.26 Å². The Balaban J connectivity index is 2.35. The maximum absolute atomic E-state index is 11.9. The Morgan fingerprint density at radius 1 is 1.59 bits per heavy atom. The van der Waals surface area contributed by atoms with E-state index in [1.54, 1.807) is 20.2 Å². The highest BCUT2D eigenvalue weighted by atomic mass is 16.5. The molecule has 2 rings (SSSR count). The number of nitrogens with zero attached hydrogens (tertiary/aromatic N) is 3. The van der Waals surface area contributed by atoms with Gasteiger partial charge in [-0.05, 0) is 12.8 Å². The lowest BCUT2D eigenvalue weighted by atomic mass is 10.2. The van der Waals surface area contributed by atoms with E-state index in [-0.39, 0.29) is 17.7 Å². The van der Waals surface area contributed by atoms with Gasteiger partial charge in [-0.25, -0.2) is 4.98 Å². The summed E-state index contributed by atoms with van der Waals surface area (Å²) >= 11 is 0. The second kappa shape index (κ2) is 4.42. The first-order chi connectivity index (χ1) is 8.11. The molecule has 88 valence electrons. The zero-order valence-electron chi connectivity index (χ0n) is 9.80.